The minimum absolute atomic E-state index is 0.183. The molecule has 0 aliphatic carbocycles. The van der Waals surface area contributed by atoms with Crippen molar-refractivity contribution in [1.82, 2.24) is 24.9 Å². The highest BCUT2D eigenvalue weighted by Gasteiger charge is 2.15. The molecule has 0 saturated carbocycles. The highest BCUT2D eigenvalue weighted by molar-refractivity contribution is 7.99. The minimum Gasteiger partial charge on any atom is -0.338 e. The van der Waals surface area contributed by atoms with E-state index in [0.717, 1.165) is 17.1 Å². The van der Waals surface area contributed by atoms with Crippen LogP contribution in [0.4, 0.5) is 5.88 Å². The van der Waals surface area contributed by atoms with Crippen LogP contribution >= 0.6 is 11.8 Å². The van der Waals surface area contributed by atoms with E-state index in [0.29, 0.717) is 17.6 Å². The molecule has 0 radical (unpaired) electrons. The summed E-state index contributed by atoms with van der Waals surface area (Å²) in [5.74, 6) is 1.38. The van der Waals surface area contributed by atoms with Crippen molar-refractivity contribution >= 4 is 23.6 Å². The molecule has 8 nitrogen and oxygen atoms in total. The Morgan fingerprint density at radius 1 is 1.31 bits per heavy atom. The highest BCUT2D eigenvalue weighted by Crippen LogP contribution is 2.24. The molecule has 0 spiro atoms. The number of carbonyl (C=O) groups is 1. The number of nitrogens with one attached hydrogen (secondary N) is 1. The first-order valence-electron chi connectivity index (χ1n) is 8.31. The van der Waals surface area contributed by atoms with Crippen LogP contribution in [0.15, 0.2) is 40.3 Å². The van der Waals surface area contributed by atoms with Gasteiger partial charge in [-0.2, -0.15) is 0 Å². The molecule has 1 N–H and O–H groups in total. The number of aromatic nitrogens is 5. The normalized spacial score (nSPS) is 11.1. The lowest BCUT2D eigenvalue weighted by Crippen LogP contribution is -2.14. The summed E-state index contributed by atoms with van der Waals surface area (Å²) in [6.07, 6.45) is 3.43. The Balaban J connectivity index is 1.64. The second-order valence-corrected chi connectivity index (χ2v) is 6.84. The number of carbonyl (C=O) groups excluding carboxylic acids is 1. The monoisotopic (exact) mass is 372 g/mol. The second kappa shape index (κ2) is 8.13. The van der Waals surface area contributed by atoms with E-state index in [2.05, 4.69) is 25.7 Å². The van der Waals surface area contributed by atoms with Crippen LogP contribution in [0.5, 0.6) is 0 Å². The lowest BCUT2D eigenvalue weighted by molar-refractivity contribution is -0.113. The Morgan fingerprint density at radius 2 is 2.08 bits per heavy atom. The van der Waals surface area contributed by atoms with E-state index in [1.807, 2.05) is 37.5 Å². The van der Waals surface area contributed by atoms with Gasteiger partial charge >= 0.3 is 0 Å². The second-order valence-electron chi connectivity index (χ2n) is 5.89. The molecule has 0 aromatic carbocycles. The van der Waals surface area contributed by atoms with Crippen molar-refractivity contribution in [2.45, 2.75) is 38.4 Å². The summed E-state index contributed by atoms with van der Waals surface area (Å²) in [4.78, 5) is 16.2. The zero-order valence-corrected chi connectivity index (χ0v) is 15.7. The molecule has 0 atom stereocenters. The van der Waals surface area contributed by atoms with Crippen LogP contribution in [0.1, 0.15) is 32.4 Å². The first-order valence-corrected chi connectivity index (χ1v) is 9.30. The van der Waals surface area contributed by atoms with Crippen molar-refractivity contribution in [1.29, 1.82) is 0 Å². The number of hydrogen-bond donors (Lipinski definition) is 1. The lowest BCUT2D eigenvalue weighted by atomic mass is 10.1. The molecule has 3 rings (SSSR count). The summed E-state index contributed by atoms with van der Waals surface area (Å²) in [6.45, 7) is 6.74. The summed E-state index contributed by atoms with van der Waals surface area (Å²) in [6, 6.07) is 5.50. The highest BCUT2D eigenvalue weighted by atomic mass is 32.2. The average Bonchev–Trinajstić information content (AvgIpc) is 3.27. The third-order valence-corrected chi connectivity index (χ3v) is 4.65. The van der Waals surface area contributed by atoms with Crippen LogP contribution in [0, 0.1) is 0 Å². The number of rotatable bonds is 7. The van der Waals surface area contributed by atoms with Gasteiger partial charge in [0.2, 0.25) is 11.8 Å². The van der Waals surface area contributed by atoms with Gasteiger partial charge in [0.1, 0.15) is 0 Å². The fraction of sp³-hybridized carbons (Fsp3) is 0.353. The number of thioether (sulfide) groups is 1. The quantitative estimate of drug-likeness (QED) is 0.636. The van der Waals surface area contributed by atoms with Crippen molar-refractivity contribution in [2.24, 2.45) is 0 Å². The van der Waals surface area contributed by atoms with E-state index < -0.39 is 0 Å². The summed E-state index contributed by atoms with van der Waals surface area (Å²) >= 11 is 1.33. The van der Waals surface area contributed by atoms with E-state index in [-0.39, 0.29) is 17.6 Å². The SMILES string of the molecule is CCn1c(SCC(=O)Nc2cc(C(C)C)no2)nnc1-c1ccncc1. The first kappa shape index (κ1) is 18.1. The molecule has 0 saturated heterocycles. The van der Waals surface area contributed by atoms with Gasteiger partial charge in [-0.05, 0) is 25.0 Å². The molecule has 0 aliphatic heterocycles. The van der Waals surface area contributed by atoms with Gasteiger partial charge in [0.05, 0.1) is 11.4 Å². The maximum Gasteiger partial charge on any atom is 0.237 e. The predicted molar refractivity (Wildman–Crippen MR) is 98.9 cm³/mol. The third-order valence-electron chi connectivity index (χ3n) is 3.69. The summed E-state index contributed by atoms with van der Waals surface area (Å²) in [5, 5.41) is 15.8. The standard InChI is InChI=1S/C17H20N6O2S/c1-4-23-16(12-5-7-18-8-6-12)20-21-17(23)26-10-14(24)19-15-9-13(11(2)3)22-25-15/h5-9,11H,4,10H2,1-3H3,(H,19,24). The maximum atomic E-state index is 12.2. The Hall–Kier alpha value is -2.68. The van der Waals surface area contributed by atoms with Crippen molar-refractivity contribution in [3.8, 4) is 11.4 Å². The Kier molecular flexibility index (Phi) is 5.67. The molecule has 0 bridgehead atoms. The van der Waals surface area contributed by atoms with E-state index in [1.165, 1.54) is 11.8 Å². The van der Waals surface area contributed by atoms with Gasteiger partial charge in [0, 0.05) is 30.6 Å². The molecule has 0 fully saturated rings. The molecule has 0 unspecified atom stereocenters. The third kappa shape index (κ3) is 4.10. The van der Waals surface area contributed by atoms with E-state index in [9.17, 15) is 4.79 Å². The van der Waals surface area contributed by atoms with Gasteiger partial charge in [-0.3, -0.25) is 15.1 Å². The number of amides is 1. The molecule has 136 valence electrons. The van der Waals surface area contributed by atoms with Crippen LogP contribution < -0.4 is 5.32 Å². The van der Waals surface area contributed by atoms with Crippen molar-refractivity contribution in [3.05, 3.63) is 36.3 Å². The van der Waals surface area contributed by atoms with Gasteiger partial charge < -0.3 is 9.09 Å². The van der Waals surface area contributed by atoms with Gasteiger partial charge in [-0.25, -0.2) is 0 Å². The summed E-state index contributed by atoms with van der Waals surface area (Å²) in [5.41, 5.74) is 1.74. The van der Waals surface area contributed by atoms with Gasteiger partial charge in [0.25, 0.3) is 0 Å². The summed E-state index contributed by atoms with van der Waals surface area (Å²) < 4.78 is 7.10. The van der Waals surface area contributed by atoms with Gasteiger partial charge in [0.15, 0.2) is 11.0 Å². The van der Waals surface area contributed by atoms with Gasteiger partial charge in [-0.1, -0.05) is 30.8 Å². The van der Waals surface area contributed by atoms with Crippen LogP contribution in [0.3, 0.4) is 0 Å². The van der Waals surface area contributed by atoms with Crippen LogP contribution in [0.25, 0.3) is 11.4 Å². The van der Waals surface area contributed by atoms with E-state index in [4.69, 9.17) is 4.52 Å². The maximum absolute atomic E-state index is 12.2. The molecule has 3 heterocycles. The van der Waals surface area contributed by atoms with E-state index >= 15 is 0 Å². The zero-order chi connectivity index (χ0) is 18.5. The van der Waals surface area contributed by atoms with Crippen LogP contribution in [-0.2, 0) is 11.3 Å². The number of hydrogen-bond acceptors (Lipinski definition) is 7. The molecule has 3 aromatic heterocycles. The Bertz CT molecular complexity index is 875. The summed E-state index contributed by atoms with van der Waals surface area (Å²) in [7, 11) is 0. The predicted octanol–water partition coefficient (Wildman–Crippen LogP) is 3.20. The molecule has 26 heavy (non-hydrogen) atoms. The van der Waals surface area contributed by atoms with E-state index in [1.54, 1.807) is 18.5 Å². The molecular weight excluding hydrogens is 352 g/mol. The largest absolute Gasteiger partial charge is 0.338 e. The molecule has 3 aromatic rings. The van der Waals surface area contributed by atoms with Crippen LogP contribution in [0.2, 0.25) is 0 Å². The van der Waals surface area contributed by atoms with Crippen molar-refractivity contribution < 1.29 is 9.32 Å². The zero-order valence-electron chi connectivity index (χ0n) is 14.8. The van der Waals surface area contributed by atoms with Crippen molar-refractivity contribution in [3.63, 3.8) is 0 Å². The molecule has 0 aliphatic rings. The fourth-order valence-electron chi connectivity index (χ4n) is 2.32. The van der Waals surface area contributed by atoms with Crippen molar-refractivity contribution in [2.75, 3.05) is 11.1 Å². The topological polar surface area (TPSA) is 98.7 Å². The van der Waals surface area contributed by atoms with Crippen LogP contribution in [-0.4, -0.2) is 36.6 Å². The average molecular weight is 372 g/mol. The number of anilines is 1. The first-order chi connectivity index (χ1) is 12.6. The lowest BCUT2D eigenvalue weighted by Gasteiger charge is -2.07. The Morgan fingerprint density at radius 3 is 2.73 bits per heavy atom. The van der Waals surface area contributed by atoms with Gasteiger partial charge in [-0.15, -0.1) is 10.2 Å². The Labute approximate surface area is 155 Å². The number of pyridine rings is 1. The fourth-order valence-corrected chi connectivity index (χ4v) is 3.12. The minimum atomic E-state index is -0.183. The molecule has 9 heteroatoms. The molecule has 1 amide bonds. The number of nitrogens with zero attached hydrogens (tertiary/aromatic N) is 5. The smallest absolute Gasteiger partial charge is 0.237 e. The molecular formula is C17H20N6O2S.